The molecule has 2 rings (SSSR count). The maximum Gasteiger partial charge on any atom is 0.126 e. The molecular weight excluding hydrogens is 300 g/mol. The van der Waals surface area contributed by atoms with Crippen molar-refractivity contribution in [3.8, 4) is 5.75 Å². The van der Waals surface area contributed by atoms with Crippen molar-refractivity contribution >= 4 is 28.9 Å². The summed E-state index contributed by atoms with van der Waals surface area (Å²) in [7, 11) is 0. The van der Waals surface area contributed by atoms with E-state index in [0.717, 1.165) is 16.7 Å². The first-order chi connectivity index (χ1) is 9.38. The molecule has 20 heavy (non-hydrogen) atoms. The molecule has 0 saturated carbocycles. The van der Waals surface area contributed by atoms with Crippen molar-refractivity contribution in [2.75, 3.05) is 5.32 Å². The summed E-state index contributed by atoms with van der Waals surface area (Å²) in [6.07, 6.45) is 0. The van der Waals surface area contributed by atoms with Crippen molar-refractivity contribution in [1.29, 1.82) is 0 Å². The molecule has 0 heterocycles. The average Bonchev–Trinajstić information content (AvgIpc) is 2.34. The molecule has 0 amide bonds. The molecule has 0 aliphatic rings. The van der Waals surface area contributed by atoms with Crippen LogP contribution in [0.1, 0.15) is 16.7 Å². The fourth-order valence-electron chi connectivity index (χ4n) is 2.05. The Morgan fingerprint density at radius 3 is 2.05 bits per heavy atom. The minimum absolute atomic E-state index is 0.238. The Bertz CT molecular complexity index is 612. The molecule has 0 aliphatic heterocycles. The number of phenolic OH excluding ortho intramolecular Hbond substituents is 1. The van der Waals surface area contributed by atoms with Crippen LogP contribution in [0.25, 0.3) is 0 Å². The Morgan fingerprint density at radius 2 is 1.55 bits per heavy atom. The van der Waals surface area contributed by atoms with E-state index in [0.29, 0.717) is 18.0 Å². The van der Waals surface area contributed by atoms with Crippen molar-refractivity contribution in [2.45, 2.75) is 20.4 Å². The third-order valence-corrected chi connectivity index (χ3v) is 3.62. The third kappa shape index (κ3) is 3.17. The molecule has 0 aliphatic carbocycles. The van der Waals surface area contributed by atoms with Gasteiger partial charge in [-0.3, -0.25) is 0 Å². The highest BCUT2D eigenvalue weighted by molar-refractivity contribution is 6.39. The zero-order valence-corrected chi connectivity index (χ0v) is 12.6. The molecule has 2 nitrogen and oxygen atoms in total. The van der Waals surface area contributed by atoms with Crippen molar-refractivity contribution in [3.05, 3.63) is 56.8 Å². The SMILES string of the molecule is Cc1cc(CNc2c(Cl)cc(F)cc2Cl)cc(C)c1O. The molecule has 106 valence electrons. The van der Waals surface area contributed by atoms with Gasteiger partial charge in [-0.15, -0.1) is 0 Å². The van der Waals surface area contributed by atoms with Crippen LogP contribution in [0.3, 0.4) is 0 Å². The highest BCUT2D eigenvalue weighted by Crippen LogP contribution is 2.32. The molecule has 0 saturated heterocycles. The van der Waals surface area contributed by atoms with Gasteiger partial charge in [0.2, 0.25) is 0 Å². The van der Waals surface area contributed by atoms with Crippen LogP contribution in [-0.4, -0.2) is 5.11 Å². The second-order valence-corrected chi connectivity index (χ2v) is 5.49. The molecule has 0 aromatic heterocycles. The van der Waals surface area contributed by atoms with Gasteiger partial charge in [-0.2, -0.15) is 0 Å². The summed E-state index contributed by atoms with van der Waals surface area (Å²) in [5.74, 6) is -0.173. The number of phenols is 1. The summed E-state index contributed by atoms with van der Waals surface area (Å²) in [6, 6.07) is 6.17. The van der Waals surface area contributed by atoms with E-state index in [2.05, 4.69) is 5.32 Å². The van der Waals surface area contributed by atoms with E-state index >= 15 is 0 Å². The van der Waals surface area contributed by atoms with Crippen molar-refractivity contribution in [1.82, 2.24) is 0 Å². The van der Waals surface area contributed by atoms with Crippen LogP contribution in [0.4, 0.5) is 10.1 Å². The largest absolute Gasteiger partial charge is 0.507 e. The van der Waals surface area contributed by atoms with E-state index in [1.807, 2.05) is 26.0 Å². The molecule has 0 atom stereocenters. The lowest BCUT2D eigenvalue weighted by Gasteiger charge is -2.12. The van der Waals surface area contributed by atoms with Crippen molar-refractivity contribution < 1.29 is 9.50 Å². The van der Waals surface area contributed by atoms with E-state index in [1.165, 1.54) is 12.1 Å². The lowest BCUT2D eigenvalue weighted by Crippen LogP contribution is -2.02. The quantitative estimate of drug-likeness (QED) is 0.829. The monoisotopic (exact) mass is 313 g/mol. The summed E-state index contributed by atoms with van der Waals surface area (Å²) >= 11 is 11.9. The third-order valence-electron chi connectivity index (χ3n) is 3.03. The molecule has 0 unspecified atom stereocenters. The van der Waals surface area contributed by atoms with Crippen LogP contribution >= 0.6 is 23.2 Å². The van der Waals surface area contributed by atoms with Gasteiger partial charge in [-0.1, -0.05) is 35.3 Å². The summed E-state index contributed by atoms with van der Waals surface area (Å²) in [6.45, 7) is 4.15. The maximum atomic E-state index is 13.1. The minimum Gasteiger partial charge on any atom is -0.507 e. The van der Waals surface area contributed by atoms with E-state index in [9.17, 15) is 9.50 Å². The number of nitrogens with one attached hydrogen (secondary N) is 1. The Kier molecular flexibility index (Phi) is 4.41. The Morgan fingerprint density at radius 1 is 1.05 bits per heavy atom. The molecular formula is C15H14Cl2FNO. The first-order valence-electron chi connectivity index (χ1n) is 6.06. The summed E-state index contributed by atoms with van der Waals surface area (Å²) in [5, 5.41) is 13.3. The van der Waals surface area contributed by atoms with Gasteiger partial charge in [-0.25, -0.2) is 4.39 Å². The molecule has 5 heteroatoms. The fourth-order valence-corrected chi connectivity index (χ4v) is 2.64. The minimum atomic E-state index is -0.470. The average molecular weight is 314 g/mol. The predicted molar refractivity (Wildman–Crippen MR) is 81.3 cm³/mol. The van der Waals surface area contributed by atoms with Gasteiger partial charge in [0.25, 0.3) is 0 Å². The van der Waals surface area contributed by atoms with E-state index in [4.69, 9.17) is 23.2 Å². The molecule has 2 N–H and O–H groups in total. The number of hydrogen-bond acceptors (Lipinski definition) is 2. The first-order valence-corrected chi connectivity index (χ1v) is 6.81. The van der Waals surface area contributed by atoms with Crippen LogP contribution in [0.2, 0.25) is 10.0 Å². The normalized spacial score (nSPS) is 10.7. The number of aromatic hydroxyl groups is 1. The molecule has 0 spiro atoms. The van der Waals surface area contributed by atoms with Gasteiger partial charge < -0.3 is 10.4 Å². The van der Waals surface area contributed by atoms with Crippen LogP contribution in [0, 0.1) is 19.7 Å². The molecule has 2 aromatic rings. The van der Waals surface area contributed by atoms with Gasteiger partial charge in [0.05, 0.1) is 15.7 Å². The van der Waals surface area contributed by atoms with Gasteiger partial charge >= 0.3 is 0 Å². The number of rotatable bonds is 3. The van der Waals surface area contributed by atoms with Crippen LogP contribution in [0.5, 0.6) is 5.75 Å². The van der Waals surface area contributed by atoms with Gasteiger partial charge in [0.15, 0.2) is 0 Å². The first kappa shape index (κ1) is 14.9. The van der Waals surface area contributed by atoms with E-state index in [1.54, 1.807) is 0 Å². The lowest BCUT2D eigenvalue weighted by molar-refractivity contribution is 0.466. The summed E-state index contributed by atoms with van der Waals surface area (Å²) < 4.78 is 13.1. The molecule has 2 aromatic carbocycles. The van der Waals surface area contributed by atoms with Crippen molar-refractivity contribution in [2.24, 2.45) is 0 Å². The number of anilines is 1. The maximum absolute atomic E-state index is 13.1. The van der Waals surface area contributed by atoms with Gasteiger partial charge in [0, 0.05) is 6.54 Å². The number of aryl methyl sites for hydroxylation is 2. The van der Waals surface area contributed by atoms with Crippen LogP contribution in [-0.2, 0) is 6.54 Å². The number of halogens is 3. The van der Waals surface area contributed by atoms with Gasteiger partial charge in [0.1, 0.15) is 11.6 Å². The zero-order valence-electron chi connectivity index (χ0n) is 11.1. The molecule has 0 fully saturated rings. The van der Waals surface area contributed by atoms with E-state index < -0.39 is 5.82 Å². The van der Waals surface area contributed by atoms with Crippen LogP contribution in [0.15, 0.2) is 24.3 Å². The second-order valence-electron chi connectivity index (χ2n) is 4.68. The number of hydrogen-bond donors (Lipinski definition) is 2. The fraction of sp³-hybridized carbons (Fsp3) is 0.200. The molecule has 0 bridgehead atoms. The zero-order chi connectivity index (χ0) is 14.9. The lowest BCUT2D eigenvalue weighted by atomic mass is 10.1. The van der Waals surface area contributed by atoms with Gasteiger partial charge in [-0.05, 0) is 42.7 Å². The highest BCUT2D eigenvalue weighted by atomic mass is 35.5. The van der Waals surface area contributed by atoms with Crippen molar-refractivity contribution in [3.63, 3.8) is 0 Å². The second kappa shape index (κ2) is 5.90. The predicted octanol–water partition coefficient (Wildman–Crippen LogP) is 5.07. The smallest absolute Gasteiger partial charge is 0.126 e. The Labute approximate surface area is 127 Å². The van der Waals surface area contributed by atoms with E-state index in [-0.39, 0.29) is 10.0 Å². The summed E-state index contributed by atoms with van der Waals surface area (Å²) in [4.78, 5) is 0. The Hall–Kier alpha value is -1.45. The topological polar surface area (TPSA) is 32.3 Å². The number of benzene rings is 2. The van der Waals surface area contributed by atoms with Crippen LogP contribution < -0.4 is 5.32 Å². The Balaban J connectivity index is 2.21. The molecule has 0 radical (unpaired) electrons. The summed E-state index contributed by atoms with van der Waals surface area (Å²) in [5.41, 5.74) is 3.09. The standard InChI is InChI=1S/C15H14Cl2FNO/c1-8-3-10(4-9(2)15(8)20)7-19-14-12(16)5-11(18)6-13(14)17/h3-6,19-20H,7H2,1-2H3. The highest BCUT2D eigenvalue weighted by Gasteiger charge is 2.09.